The minimum absolute atomic E-state index is 0. The van der Waals surface area contributed by atoms with Crippen LogP contribution in [0.4, 0.5) is 0 Å². The predicted octanol–water partition coefficient (Wildman–Crippen LogP) is 38.1. The van der Waals surface area contributed by atoms with Gasteiger partial charge in [0.1, 0.15) is 0 Å². The van der Waals surface area contributed by atoms with E-state index in [4.69, 9.17) is 0 Å². The first kappa shape index (κ1) is 105. The summed E-state index contributed by atoms with van der Waals surface area (Å²) in [6, 6.07) is 186. The Bertz CT molecular complexity index is 8040. The monoisotopic (exact) mass is 2290 g/mol. The maximum atomic E-state index is 4.52. The zero-order valence-electron chi connectivity index (χ0n) is 85.4. The van der Waals surface area contributed by atoms with Crippen LogP contribution in [0.1, 0.15) is 95.9 Å². The smallest absolute Gasteiger partial charge is 0.0160 e. The fraction of sp³-hybridized carbons (Fsp3) is 0.111. The predicted molar refractivity (Wildman–Crippen MR) is 623 cm³/mol. The molecule has 150 heavy (non-hydrogen) atoms. The summed E-state index contributed by atoms with van der Waals surface area (Å²) in [4.78, 5) is 18.0. The molecular formula is C144H120Ir2N4-4. The van der Waals surface area contributed by atoms with Gasteiger partial charge >= 0.3 is 0 Å². The molecule has 0 atom stereocenters. The topological polar surface area (TPSA) is 51.6 Å². The van der Waals surface area contributed by atoms with Gasteiger partial charge in [0.25, 0.3) is 0 Å². The van der Waals surface area contributed by atoms with Crippen LogP contribution in [0.2, 0.25) is 0 Å². The fourth-order valence-electron chi connectivity index (χ4n) is 20.0. The van der Waals surface area contributed by atoms with E-state index in [2.05, 4.69) is 460 Å². The van der Waals surface area contributed by atoms with Gasteiger partial charge in [-0.1, -0.05) is 384 Å². The van der Waals surface area contributed by atoms with E-state index in [1.807, 2.05) is 122 Å². The maximum Gasteiger partial charge on any atom is 0.0160 e. The van der Waals surface area contributed by atoms with E-state index in [1.165, 1.54) is 237 Å². The first-order valence-corrected chi connectivity index (χ1v) is 52.0. The average Bonchev–Trinajstić information content (AvgIpc) is 0.803. The van der Waals surface area contributed by atoms with Crippen LogP contribution in [0.25, 0.3) is 179 Å². The molecule has 0 fully saturated rings. The first-order chi connectivity index (χ1) is 73.0. The van der Waals surface area contributed by atoms with Crippen molar-refractivity contribution in [3.8, 4) is 179 Å². The van der Waals surface area contributed by atoms with E-state index in [0.717, 1.165) is 63.4 Å². The number of pyridine rings is 4. The van der Waals surface area contributed by atoms with Crippen molar-refractivity contribution in [2.45, 2.75) is 105 Å². The molecule has 6 heteroatoms. The minimum Gasteiger partial charge on any atom is -0.305 e. The molecule has 0 amide bonds. The zero-order valence-corrected chi connectivity index (χ0v) is 90.2. The van der Waals surface area contributed by atoms with E-state index >= 15 is 0 Å². The van der Waals surface area contributed by atoms with Gasteiger partial charge in [-0.05, 0) is 312 Å². The van der Waals surface area contributed by atoms with Gasteiger partial charge in [-0.25, -0.2) is 0 Å². The van der Waals surface area contributed by atoms with Crippen molar-refractivity contribution in [1.82, 2.24) is 19.9 Å². The van der Waals surface area contributed by atoms with Crippen LogP contribution < -0.4 is 0 Å². The first-order valence-electron chi connectivity index (χ1n) is 52.0. The van der Waals surface area contributed by atoms with Gasteiger partial charge in [-0.15, -0.1) is 142 Å². The zero-order chi connectivity index (χ0) is 101. The van der Waals surface area contributed by atoms with E-state index in [1.54, 1.807) is 0 Å². The summed E-state index contributed by atoms with van der Waals surface area (Å²) in [5.41, 5.74) is 48.2. The number of aromatic nitrogens is 4. The maximum absolute atomic E-state index is 4.52. The van der Waals surface area contributed by atoms with Gasteiger partial charge in [-0.2, -0.15) is 0 Å². The molecule has 18 aromatic carbocycles. The van der Waals surface area contributed by atoms with E-state index in [-0.39, 0.29) is 40.2 Å². The Kier molecular flexibility index (Phi) is 37.5. The second-order valence-electron chi connectivity index (χ2n) is 38.2. The van der Waals surface area contributed by atoms with Gasteiger partial charge in [0.15, 0.2) is 0 Å². The fourth-order valence-corrected chi connectivity index (χ4v) is 20.0. The molecule has 4 heterocycles. The minimum atomic E-state index is 0. The molecule has 0 spiro atoms. The Morgan fingerprint density at radius 2 is 0.353 bits per heavy atom. The van der Waals surface area contributed by atoms with Crippen LogP contribution in [0.15, 0.2) is 510 Å². The molecule has 0 aliphatic carbocycles. The molecule has 0 bridgehead atoms. The van der Waals surface area contributed by atoms with E-state index < -0.39 is 0 Å². The van der Waals surface area contributed by atoms with Crippen molar-refractivity contribution in [3.05, 3.63) is 579 Å². The van der Waals surface area contributed by atoms with Gasteiger partial charge in [0, 0.05) is 65.0 Å². The van der Waals surface area contributed by atoms with E-state index in [9.17, 15) is 0 Å². The summed E-state index contributed by atoms with van der Waals surface area (Å²) in [6.07, 6.45) is 22.2. The molecule has 0 saturated carbocycles. The van der Waals surface area contributed by atoms with Crippen LogP contribution in [0.5, 0.6) is 0 Å². The SMILES string of the molecule is Cc1cc(-c2cccc(-c3cccc(CCCCCCc4ccccc4)c3)c2)cc(C)c1-c1cc[c-]c(-c2ccccn2)c1.Cc1cc(-c2cccc(-c3ccccc3)c2)cc(C)c1-c1cc[c-]c(-c2ccccn2)c1.[Ir].[Ir].[c-]1ccc(-c2ccc(-c3cccc(-c4cccc(-c5ccccc5)c4)c3)cc2)cc1-c1ccccn1.[c-]1ccc(-c2cccc(-c3cccc(CCCCCCc4ccccc4)c3)c2)cc1-c1ccccn1. The molecule has 0 unspecified atom stereocenters. The number of unbranched alkanes of at least 4 members (excludes halogenated alkanes) is 6. The van der Waals surface area contributed by atoms with Crippen molar-refractivity contribution in [3.63, 3.8) is 0 Å². The number of aryl methyl sites for hydroxylation is 8. The number of hydrogen-bond acceptors (Lipinski definition) is 4. The number of nitrogens with zero attached hydrogens (tertiary/aromatic N) is 4. The van der Waals surface area contributed by atoms with Gasteiger partial charge in [0.05, 0.1) is 0 Å². The quantitative estimate of drug-likeness (QED) is 0.0333. The Morgan fingerprint density at radius 3 is 0.633 bits per heavy atom. The number of benzene rings is 18. The second kappa shape index (κ2) is 53.5. The second-order valence-corrected chi connectivity index (χ2v) is 38.2. The van der Waals surface area contributed by atoms with Gasteiger partial charge < -0.3 is 19.9 Å². The molecule has 22 rings (SSSR count). The standard InChI is InChI=1S/C43H40N.C35H24N.C35H32N.C31H24N.2Ir/c1-32-27-41(28-33(2)43(32)40-24-14-23-39(31-40)42-25-10-11-26-44-42)38-22-13-21-37(30-38)36-20-12-19-35(29-36)18-7-4-3-6-15-34-16-8-5-9-17-34;1-2-9-26(10-3-1)29-11-6-14-32(23-29)33-15-7-12-30(24-33)27-18-20-28(21-19-27)31-13-8-16-34(25-31)35-17-4-5-22-36-35;1(4-13-28-14-6-3-7-15-28)2-5-16-29-17-10-18-30(25-29)31-19-11-20-32(26-31)33-21-12-22-34(27-33)35-23-8-9-24-36-35;1-22-18-29(26-13-8-12-25(20-26)24-10-4-3-5-11-24)19-23(2)31(22)28-15-9-14-27(21-28)30-16-6-7-17-32-30;;/h5,8-14,16-17,19-22,24-31H,3-4,6-7,15,18H2,1-2H3;1-15,17-25H;3,6-12,14-15,17-21,23-27H,1-2,4-5,13,16H2;3-13,15-21H,1-2H3;;/q4*-1;;. The van der Waals surface area contributed by atoms with Crippen molar-refractivity contribution < 1.29 is 40.2 Å². The normalized spacial score (nSPS) is 10.7. The van der Waals surface area contributed by atoms with Crippen LogP contribution in [-0.4, -0.2) is 19.9 Å². The van der Waals surface area contributed by atoms with Crippen LogP contribution in [0, 0.1) is 52.0 Å². The molecule has 0 N–H and O–H groups in total. The summed E-state index contributed by atoms with van der Waals surface area (Å²) in [5, 5.41) is 0. The summed E-state index contributed by atoms with van der Waals surface area (Å²) < 4.78 is 0. The molecule has 4 aromatic heterocycles. The van der Waals surface area contributed by atoms with Crippen molar-refractivity contribution >= 4 is 0 Å². The number of rotatable bonds is 30. The third-order valence-corrected chi connectivity index (χ3v) is 27.6. The Labute approximate surface area is 914 Å². The third-order valence-electron chi connectivity index (χ3n) is 27.6. The van der Waals surface area contributed by atoms with Gasteiger partial charge in [-0.3, -0.25) is 0 Å². The third kappa shape index (κ3) is 28.4. The van der Waals surface area contributed by atoms with Gasteiger partial charge in [0.2, 0.25) is 0 Å². The molecule has 0 aliphatic heterocycles. The molecule has 4 nitrogen and oxygen atoms in total. The Morgan fingerprint density at radius 1 is 0.153 bits per heavy atom. The molecule has 22 aromatic rings. The molecular weight excluding hydrogens is 2170 g/mol. The largest absolute Gasteiger partial charge is 0.305 e. The van der Waals surface area contributed by atoms with Crippen molar-refractivity contribution in [2.24, 2.45) is 0 Å². The van der Waals surface area contributed by atoms with Crippen molar-refractivity contribution in [2.75, 3.05) is 0 Å². The van der Waals surface area contributed by atoms with Crippen molar-refractivity contribution in [1.29, 1.82) is 0 Å². The summed E-state index contributed by atoms with van der Waals surface area (Å²) in [6.45, 7) is 8.84. The summed E-state index contributed by atoms with van der Waals surface area (Å²) in [5.74, 6) is 0. The number of hydrogen-bond donors (Lipinski definition) is 0. The van der Waals surface area contributed by atoms with Crippen LogP contribution >= 0.6 is 0 Å². The average molecular weight is 2290 g/mol. The molecule has 738 valence electrons. The molecule has 2 radical (unpaired) electrons. The Hall–Kier alpha value is -16.1. The summed E-state index contributed by atoms with van der Waals surface area (Å²) in [7, 11) is 0. The van der Waals surface area contributed by atoms with Crippen LogP contribution in [-0.2, 0) is 65.9 Å². The summed E-state index contributed by atoms with van der Waals surface area (Å²) >= 11 is 0. The molecule has 0 aliphatic rings. The van der Waals surface area contributed by atoms with Crippen LogP contribution in [0.3, 0.4) is 0 Å². The Balaban J connectivity index is 0.000000136. The van der Waals surface area contributed by atoms with E-state index in [0.29, 0.717) is 0 Å². The molecule has 0 saturated heterocycles.